The average Bonchev–Trinajstić information content (AvgIpc) is 2.02. The Morgan fingerprint density at radius 2 is 2.00 bits per heavy atom. The van der Waals surface area contributed by atoms with Crippen LogP contribution in [0.3, 0.4) is 0 Å². The molecule has 1 atom stereocenters. The zero-order valence-corrected chi connectivity index (χ0v) is 8.26. The van der Waals surface area contributed by atoms with Crippen LogP contribution >= 0.6 is 0 Å². The molecule has 0 saturated heterocycles. The SMILES string of the molecule is C=CC[C@](C)(C=O)CC=C(C)C. The fourth-order valence-electron chi connectivity index (χ4n) is 0.947. The Balaban J connectivity index is 4.23. The molecule has 0 rings (SSSR count). The molecule has 0 saturated carbocycles. The first kappa shape index (κ1) is 11.2. The number of carbonyl (C=O) groups is 1. The minimum absolute atomic E-state index is 0.251. The predicted octanol–water partition coefficient (Wildman–Crippen LogP) is 3.12. The molecule has 0 spiro atoms. The summed E-state index contributed by atoms with van der Waals surface area (Å²) in [5, 5.41) is 0. The van der Waals surface area contributed by atoms with Crippen molar-refractivity contribution < 1.29 is 4.79 Å². The maximum Gasteiger partial charge on any atom is 0.126 e. The van der Waals surface area contributed by atoms with E-state index < -0.39 is 0 Å². The number of hydrogen-bond donors (Lipinski definition) is 0. The summed E-state index contributed by atoms with van der Waals surface area (Å²) in [6.07, 6.45) is 6.48. The standard InChI is InChI=1S/C11H18O/c1-5-7-11(4,9-12)8-6-10(2)3/h5-6,9H,1,7-8H2,2-4H3/t11-/m0/s1. The molecule has 0 aromatic heterocycles. The second kappa shape index (κ2) is 4.91. The molecule has 0 aliphatic rings. The van der Waals surface area contributed by atoms with E-state index in [2.05, 4.69) is 12.7 Å². The van der Waals surface area contributed by atoms with Crippen molar-refractivity contribution in [3.8, 4) is 0 Å². The van der Waals surface area contributed by atoms with Crippen molar-refractivity contribution in [2.45, 2.75) is 33.6 Å². The summed E-state index contributed by atoms with van der Waals surface area (Å²) in [4.78, 5) is 10.8. The van der Waals surface area contributed by atoms with Crippen molar-refractivity contribution in [2.75, 3.05) is 0 Å². The predicted molar refractivity (Wildman–Crippen MR) is 53.0 cm³/mol. The first-order chi connectivity index (χ1) is 5.54. The molecule has 0 aromatic rings. The average molecular weight is 166 g/mol. The Morgan fingerprint density at radius 3 is 2.33 bits per heavy atom. The van der Waals surface area contributed by atoms with Gasteiger partial charge in [-0.1, -0.05) is 24.6 Å². The summed E-state index contributed by atoms with van der Waals surface area (Å²) >= 11 is 0. The Labute approximate surface area is 75.2 Å². The van der Waals surface area contributed by atoms with Gasteiger partial charge in [-0.25, -0.2) is 0 Å². The van der Waals surface area contributed by atoms with Crippen LogP contribution in [0.2, 0.25) is 0 Å². The van der Waals surface area contributed by atoms with Crippen molar-refractivity contribution in [1.29, 1.82) is 0 Å². The third kappa shape index (κ3) is 4.12. The first-order valence-corrected chi connectivity index (χ1v) is 4.24. The lowest BCUT2D eigenvalue weighted by atomic mass is 9.84. The zero-order chi connectivity index (χ0) is 9.61. The number of carbonyl (C=O) groups excluding carboxylic acids is 1. The lowest BCUT2D eigenvalue weighted by molar-refractivity contribution is -0.115. The first-order valence-electron chi connectivity index (χ1n) is 4.24. The van der Waals surface area contributed by atoms with Gasteiger partial charge in [-0.3, -0.25) is 0 Å². The highest BCUT2D eigenvalue weighted by molar-refractivity contribution is 5.59. The Bertz CT molecular complexity index is 187. The van der Waals surface area contributed by atoms with Crippen LogP contribution in [0.4, 0.5) is 0 Å². The lowest BCUT2D eigenvalue weighted by Gasteiger charge is -2.18. The number of rotatable bonds is 5. The zero-order valence-electron chi connectivity index (χ0n) is 8.26. The lowest BCUT2D eigenvalue weighted by Crippen LogP contribution is -2.15. The van der Waals surface area contributed by atoms with Crippen LogP contribution in [0.5, 0.6) is 0 Å². The molecule has 0 radical (unpaired) electrons. The van der Waals surface area contributed by atoms with Crippen LogP contribution in [-0.4, -0.2) is 6.29 Å². The van der Waals surface area contributed by atoms with Gasteiger partial charge in [0.05, 0.1) is 0 Å². The Morgan fingerprint density at radius 1 is 1.42 bits per heavy atom. The van der Waals surface area contributed by atoms with Crippen LogP contribution in [-0.2, 0) is 4.79 Å². The van der Waals surface area contributed by atoms with Crippen molar-refractivity contribution in [3.63, 3.8) is 0 Å². The second-order valence-electron chi connectivity index (χ2n) is 3.75. The highest BCUT2D eigenvalue weighted by Gasteiger charge is 2.19. The third-order valence-corrected chi connectivity index (χ3v) is 1.87. The highest BCUT2D eigenvalue weighted by atomic mass is 16.1. The maximum atomic E-state index is 10.8. The van der Waals surface area contributed by atoms with Crippen LogP contribution in [0.1, 0.15) is 33.6 Å². The summed E-state index contributed by atoms with van der Waals surface area (Å²) < 4.78 is 0. The van der Waals surface area contributed by atoms with Gasteiger partial charge in [-0.05, 0) is 26.7 Å². The van der Waals surface area contributed by atoms with Crippen molar-refractivity contribution >= 4 is 6.29 Å². The van der Waals surface area contributed by atoms with Gasteiger partial charge in [0.15, 0.2) is 0 Å². The van der Waals surface area contributed by atoms with Gasteiger partial charge < -0.3 is 4.79 Å². The van der Waals surface area contributed by atoms with Crippen LogP contribution in [0.15, 0.2) is 24.3 Å². The molecule has 0 fully saturated rings. The Hall–Kier alpha value is -0.850. The molecule has 68 valence electrons. The molecule has 1 nitrogen and oxygen atoms in total. The van der Waals surface area contributed by atoms with E-state index in [1.165, 1.54) is 5.57 Å². The third-order valence-electron chi connectivity index (χ3n) is 1.87. The van der Waals surface area contributed by atoms with Gasteiger partial charge in [0.2, 0.25) is 0 Å². The van der Waals surface area contributed by atoms with Crippen LogP contribution < -0.4 is 0 Å². The molecule has 0 aliphatic carbocycles. The van der Waals surface area contributed by atoms with Crippen LogP contribution in [0.25, 0.3) is 0 Å². The topological polar surface area (TPSA) is 17.1 Å². The van der Waals surface area contributed by atoms with E-state index in [1.807, 2.05) is 20.8 Å². The van der Waals surface area contributed by atoms with Crippen molar-refractivity contribution in [2.24, 2.45) is 5.41 Å². The maximum absolute atomic E-state index is 10.8. The minimum Gasteiger partial charge on any atom is -0.303 e. The van der Waals surface area contributed by atoms with Crippen molar-refractivity contribution in [1.82, 2.24) is 0 Å². The largest absolute Gasteiger partial charge is 0.303 e. The smallest absolute Gasteiger partial charge is 0.126 e. The molecule has 0 bridgehead atoms. The number of hydrogen-bond acceptors (Lipinski definition) is 1. The summed E-state index contributed by atoms with van der Waals surface area (Å²) in [7, 11) is 0. The van der Waals surface area contributed by atoms with Gasteiger partial charge in [0.25, 0.3) is 0 Å². The Kier molecular flexibility index (Phi) is 4.57. The van der Waals surface area contributed by atoms with E-state index in [9.17, 15) is 4.79 Å². The van der Waals surface area contributed by atoms with Gasteiger partial charge >= 0.3 is 0 Å². The quantitative estimate of drug-likeness (QED) is 0.453. The normalized spacial score (nSPS) is 14.6. The highest BCUT2D eigenvalue weighted by Crippen LogP contribution is 2.24. The fourth-order valence-corrected chi connectivity index (χ4v) is 0.947. The summed E-state index contributed by atoms with van der Waals surface area (Å²) in [6, 6.07) is 0. The van der Waals surface area contributed by atoms with E-state index in [0.717, 1.165) is 19.1 Å². The van der Waals surface area contributed by atoms with Gasteiger partial charge in [-0.2, -0.15) is 0 Å². The molecule has 12 heavy (non-hydrogen) atoms. The molecule has 0 N–H and O–H groups in total. The summed E-state index contributed by atoms with van der Waals surface area (Å²) in [6.45, 7) is 9.68. The monoisotopic (exact) mass is 166 g/mol. The molecule has 0 aliphatic heterocycles. The number of aldehydes is 1. The molecular weight excluding hydrogens is 148 g/mol. The number of allylic oxidation sites excluding steroid dienone is 3. The van der Waals surface area contributed by atoms with Crippen molar-refractivity contribution in [3.05, 3.63) is 24.3 Å². The summed E-state index contributed by atoms with van der Waals surface area (Å²) in [5.74, 6) is 0. The fraction of sp³-hybridized carbons (Fsp3) is 0.545. The van der Waals surface area contributed by atoms with E-state index in [1.54, 1.807) is 6.08 Å². The minimum atomic E-state index is -0.251. The van der Waals surface area contributed by atoms with E-state index in [0.29, 0.717) is 0 Å². The summed E-state index contributed by atoms with van der Waals surface area (Å²) in [5.41, 5.74) is 1.01. The molecule has 0 unspecified atom stereocenters. The van der Waals surface area contributed by atoms with Gasteiger partial charge in [-0.15, -0.1) is 6.58 Å². The van der Waals surface area contributed by atoms with Gasteiger partial charge in [0.1, 0.15) is 6.29 Å². The van der Waals surface area contributed by atoms with E-state index >= 15 is 0 Å². The van der Waals surface area contributed by atoms with Gasteiger partial charge in [0, 0.05) is 5.41 Å². The van der Waals surface area contributed by atoms with E-state index in [-0.39, 0.29) is 5.41 Å². The second-order valence-corrected chi connectivity index (χ2v) is 3.75. The van der Waals surface area contributed by atoms with E-state index in [4.69, 9.17) is 0 Å². The molecule has 0 amide bonds. The molecule has 0 aromatic carbocycles. The molecular formula is C11H18O. The molecule has 0 heterocycles. The molecule has 1 heteroatoms. The van der Waals surface area contributed by atoms with Crippen LogP contribution in [0, 0.1) is 5.41 Å².